The van der Waals surface area contributed by atoms with E-state index in [9.17, 15) is 9.59 Å². The molecule has 3 aromatic rings. The topological polar surface area (TPSA) is 71.1 Å². The zero-order chi connectivity index (χ0) is 49.4. The van der Waals surface area contributed by atoms with Crippen LogP contribution in [0, 0.1) is 46.3 Å². The molecule has 0 aliphatic heterocycles. The van der Waals surface area contributed by atoms with Crippen LogP contribution in [0.25, 0.3) is 11.1 Å². The van der Waals surface area contributed by atoms with Crippen molar-refractivity contribution in [2.75, 3.05) is 13.2 Å². The molecular formula is C64H92O6. The number of benzene rings is 3. The Balaban J connectivity index is 0.744. The minimum Gasteiger partial charge on any atom is -0.494 e. The molecule has 0 aromatic heterocycles. The Bertz CT molecular complexity index is 2070. The average molecular weight is 957 g/mol. The average Bonchev–Trinajstić information content (AvgIpc) is 3.72. The SMILES string of the molecule is CCCCCCCCCCCCOc1ccc(C(=O)Oc2ccc(-c3ccc(OCCCCCC(=O)O[C@H]4CC[C@@]5(C)C(=CC[C@H]6[C@@H]7CC[C@H]([C@H](C)CCCC(C)C)[C@@]7(C)CC[C@@H]65)C4)cc3)cc2)cc1. The fraction of sp³-hybridized carbons (Fsp3) is 0.656. The molecule has 0 amide bonds. The Labute approximate surface area is 424 Å². The van der Waals surface area contributed by atoms with Crippen LogP contribution in [0.2, 0.25) is 0 Å². The summed E-state index contributed by atoms with van der Waals surface area (Å²) in [5.41, 5.74) is 4.96. The van der Waals surface area contributed by atoms with Gasteiger partial charge < -0.3 is 18.9 Å². The van der Waals surface area contributed by atoms with Gasteiger partial charge in [-0.3, -0.25) is 4.79 Å². The summed E-state index contributed by atoms with van der Waals surface area (Å²) < 4.78 is 23.8. The van der Waals surface area contributed by atoms with Crippen molar-refractivity contribution in [2.24, 2.45) is 46.3 Å². The maximum absolute atomic E-state index is 13.0. The van der Waals surface area contributed by atoms with Crippen molar-refractivity contribution in [2.45, 2.75) is 208 Å². The van der Waals surface area contributed by atoms with E-state index in [0.29, 0.717) is 36.4 Å². The lowest BCUT2D eigenvalue weighted by molar-refractivity contribution is -0.151. The summed E-state index contributed by atoms with van der Waals surface area (Å²) in [5.74, 6) is 6.72. The molecule has 3 fully saturated rings. The maximum Gasteiger partial charge on any atom is 0.343 e. The molecule has 7 rings (SSSR count). The van der Waals surface area contributed by atoms with E-state index in [1.165, 1.54) is 109 Å². The molecule has 0 unspecified atom stereocenters. The van der Waals surface area contributed by atoms with E-state index >= 15 is 0 Å². The molecule has 0 spiro atoms. The van der Waals surface area contributed by atoms with Crippen LogP contribution in [0.15, 0.2) is 84.4 Å². The lowest BCUT2D eigenvalue weighted by Gasteiger charge is -2.58. The third kappa shape index (κ3) is 14.6. The van der Waals surface area contributed by atoms with Crippen molar-refractivity contribution in [3.05, 3.63) is 90.0 Å². The number of allylic oxidation sites excluding steroid dienone is 1. The zero-order valence-corrected chi connectivity index (χ0v) is 44.6. The van der Waals surface area contributed by atoms with E-state index in [2.05, 4.69) is 47.6 Å². The summed E-state index contributed by atoms with van der Waals surface area (Å²) in [4.78, 5) is 25.9. The van der Waals surface area contributed by atoms with Gasteiger partial charge in [0.25, 0.3) is 0 Å². The van der Waals surface area contributed by atoms with E-state index in [4.69, 9.17) is 18.9 Å². The van der Waals surface area contributed by atoms with Crippen LogP contribution in [0.5, 0.6) is 17.2 Å². The molecule has 0 heterocycles. The number of fused-ring (bicyclic) bond motifs is 5. The first kappa shape index (κ1) is 53.7. The summed E-state index contributed by atoms with van der Waals surface area (Å²) >= 11 is 0. The Kier molecular flexibility index (Phi) is 20.4. The Hall–Kier alpha value is -4.06. The molecule has 4 aliphatic carbocycles. The van der Waals surface area contributed by atoms with Gasteiger partial charge in [0, 0.05) is 12.8 Å². The first-order valence-corrected chi connectivity index (χ1v) is 28.6. The van der Waals surface area contributed by atoms with Crippen LogP contribution in [-0.2, 0) is 9.53 Å². The van der Waals surface area contributed by atoms with Crippen LogP contribution in [0.4, 0.5) is 0 Å². The van der Waals surface area contributed by atoms with E-state index in [0.717, 1.165) is 103 Å². The third-order valence-corrected chi connectivity index (χ3v) is 18.0. The number of carbonyl (C=O) groups excluding carboxylic acids is 2. The van der Waals surface area contributed by atoms with E-state index in [1.807, 2.05) is 60.7 Å². The maximum atomic E-state index is 13.0. The summed E-state index contributed by atoms with van der Waals surface area (Å²) in [6, 6.07) is 22.9. The van der Waals surface area contributed by atoms with Crippen LogP contribution in [0.1, 0.15) is 212 Å². The molecule has 3 aromatic carbocycles. The number of rotatable bonds is 28. The van der Waals surface area contributed by atoms with Gasteiger partial charge in [0.05, 0.1) is 18.8 Å². The van der Waals surface area contributed by atoms with Gasteiger partial charge in [0.2, 0.25) is 0 Å². The molecule has 4 aliphatic rings. The van der Waals surface area contributed by atoms with Crippen LogP contribution in [0.3, 0.4) is 0 Å². The molecule has 0 radical (unpaired) electrons. The van der Waals surface area contributed by atoms with E-state index in [1.54, 1.807) is 17.7 Å². The smallest absolute Gasteiger partial charge is 0.343 e. The number of esters is 2. The number of carbonyl (C=O) groups is 2. The van der Waals surface area contributed by atoms with Gasteiger partial charge in [0.15, 0.2) is 0 Å². The molecule has 0 N–H and O–H groups in total. The van der Waals surface area contributed by atoms with Gasteiger partial charge in [-0.25, -0.2) is 4.79 Å². The number of hydrogen-bond donors (Lipinski definition) is 0. The van der Waals surface area contributed by atoms with Crippen molar-refractivity contribution in [1.82, 2.24) is 0 Å². The molecule has 8 atom stereocenters. The molecule has 6 heteroatoms. The second-order valence-electron chi connectivity index (χ2n) is 23.3. The van der Waals surface area contributed by atoms with Gasteiger partial charge >= 0.3 is 11.9 Å². The normalized spacial score (nSPS) is 25.3. The quantitative estimate of drug-likeness (QED) is 0.0313. The minimum absolute atomic E-state index is 0.0278. The highest BCUT2D eigenvalue weighted by Crippen LogP contribution is 2.67. The molecule has 0 bridgehead atoms. The van der Waals surface area contributed by atoms with Gasteiger partial charge in [0.1, 0.15) is 23.4 Å². The molecule has 6 nitrogen and oxygen atoms in total. The summed E-state index contributed by atoms with van der Waals surface area (Å²) in [6.07, 6.45) is 32.9. The number of unbranched alkanes of at least 4 members (excludes halogenated alkanes) is 11. The van der Waals surface area contributed by atoms with Crippen molar-refractivity contribution in [3.63, 3.8) is 0 Å². The van der Waals surface area contributed by atoms with Crippen LogP contribution in [-0.4, -0.2) is 31.3 Å². The monoisotopic (exact) mass is 957 g/mol. The van der Waals surface area contributed by atoms with Crippen molar-refractivity contribution in [1.29, 1.82) is 0 Å². The molecular weight excluding hydrogens is 865 g/mol. The summed E-state index contributed by atoms with van der Waals surface area (Å²) in [6.45, 7) is 16.1. The molecule has 384 valence electrons. The van der Waals surface area contributed by atoms with Crippen molar-refractivity contribution >= 4 is 11.9 Å². The van der Waals surface area contributed by atoms with Gasteiger partial charge in [-0.05, 0) is 177 Å². The highest BCUT2D eigenvalue weighted by atomic mass is 16.5. The van der Waals surface area contributed by atoms with Crippen LogP contribution < -0.4 is 14.2 Å². The second-order valence-corrected chi connectivity index (χ2v) is 23.3. The predicted octanol–water partition coefficient (Wildman–Crippen LogP) is 17.8. The van der Waals surface area contributed by atoms with Crippen LogP contribution >= 0.6 is 0 Å². The first-order valence-electron chi connectivity index (χ1n) is 28.6. The van der Waals surface area contributed by atoms with Crippen molar-refractivity contribution in [3.8, 4) is 28.4 Å². The fourth-order valence-electron chi connectivity index (χ4n) is 13.8. The first-order chi connectivity index (χ1) is 34.0. The molecule has 3 saturated carbocycles. The molecule has 0 saturated heterocycles. The summed E-state index contributed by atoms with van der Waals surface area (Å²) in [7, 11) is 0. The fourth-order valence-corrected chi connectivity index (χ4v) is 13.8. The lowest BCUT2D eigenvalue weighted by atomic mass is 9.47. The predicted molar refractivity (Wildman–Crippen MR) is 288 cm³/mol. The Morgan fingerprint density at radius 2 is 1.20 bits per heavy atom. The minimum atomic E-state index is -0.391. The Morgan fingerprint density at radius 1 is 0.614 bits per heavy atom. The van der Waals surface area contributed by atoms with E-state index in [-0.39, 0.29) is 17.5 Å². The lowest BCUT2D eigenvalue weighted by Crippen LogP contribution is -2.51. The largest absolute Gasteiger partial charge is 0.494 e. The second kappa shape index (κ2) is 26.6. The third-order valence-electron chi connectivity index (χ3n) is 18.0. The van der Waals surface area contributed by atoms with Crippen molar-refractivity contribution < 1.29 is 28.5 Å². The highest BCUT2D eigenvalue weighted by molar-refractivity contribution is 5.91. The van der Waals surface area contributed by atoms with Gasteiger partial charge in [-0.15, -0.1) is 0 Å². The zero-order valence-electron chi connectivity index (χ0n) is 44.6. The van der Waals surface area contributed by atoms with E-state index < -0.39 is 5.97 Å². The molecule has 70 heavy (non-hydrogen) atoms. The highest BCUT2D eigenvalue weighted by Gasteiger charge is 2.59. The number of ether oxygens (including phenoxy) is 4. The standard InChI is InChI=1S/C64H92O6/c1-7-8-9-10-11-12-13-14-15-18-44-67-54-33-28-51(29-34-54)62(66)70-55-35-26-50(27-36-55)49-24-31-53(32-25-49)68-45-19-16-17-23-61(65)69-56-40-42-63(5)52(46-56)30-37-57-59-39-38-58(48(4)22-20-21-47(2)3)64(59,6)43-41-60(57)63/h24-36,47-48,56-60H,7-23,37-46H2,1-6H3/t48-,56+,57+,58-,59+,60+,63+,64-/m1/s1. The summed E-state index contributed by atoms with van der Waals surface area (Å²) in [5, 5.41) is 0. The van der Waals surface area contributed by atoms with Gasteiger partial charge in [-0.2, -0.15) is 0 Å². The van der Waals surface area contributed by atoms with Gasteiger partial charge in [-0.1, -0.05) is 155 Å². The number of hydrogen-bond acceptors (Lipinski definition) is 6. The Morgan fingerprint density at radius 3 is 1.83 bits per heavy atom.